The Morgan fingerprint density at radius 1 is 1.62 bits per heavy atom. The number of hydrogen-bond acceptors (Lipinski definition) is 3. The lowest BCUT2D eigenvalue weighted by Gasteiger charge is -2.18. The van der Waals surface area contributed by atoms with E-state index in [1.807, 2.05) is 6.07 Å². The summed E-state index contributed by atoms with van der Waals surface area (Å²) in [6, 6.07) is 2.37. The first-order chi connectivity index (χ1) is 7.69. The van der Waals surface area contributed by atoms with Gasteiger partial charge in [0.15, 0.2) is 0 Å². The second-order valence-electron chi connectivity index (χ2n) is 4.02. The Kier molecular flexibility index (Phi) is 5.56. The minimum absolute atomic E-state index is 0.340. The molecule has 0 radical (unpaired) electrons. The molecule has 1 rings (SSSR count). The minimum Gasteiger partial charge on any atom is -0.496 e. The van der Waals surface area contributed by atoms with E-state index in [9.17, 15) is 0 Å². The highest BCUT2D eigenvalue weighted by molar-refractivity contribution is 7.10. The molecule has 0 fully saturated rings. The number of nitrogens with one attached hydrogen (secondary N) is 1. The van der Waals surface area contributed by atoms with Crippen LogP contribution in [0.1, 0.15) is 37.6 Å². The maximum absolute atomic E-state index is 5.37. The van der Waals surface area contributed by atoms with Gasteiger partial charge in [0.1, 0.15) is 5.75 Å². The number of ether oxygens (including phenoxy) is 1. The van der Waals surface area contributed by atoms with Crippen molar-refractivity contribution in [1.82, 2.24) is 5.32 Å². The maximum atomic E-state index is 5.37. The summed E-state index contributed by atoms with van der Waals surface area (Å²) in [4.78, 5) is 1.28. The summed E-state index contributed by atoms with van der Waals surface area (Å²) in [6.45, 7) is 9.27. The molecule has 1 heterocycles. The molecule has 0 saturated heterocycles. The molecular weight excluding hydrogens is 218 g/mol. The summed E-state index contributed by atoms with van der Waals surface area (Å²) in [6.07, 6.45) is 2.11. The van der Waals surface area contributed by atoms with Crippen molar-refractivity contribution in [3.63, 3.8) is 0 Å². The summed E-state index contributed by atoms with van der Waals surface area (Å²) >= 11 is 1.75. The van der Waals surface area contributed by atoms with Crippen molar-refractivity contribution in [2.24, 2.45) is 0 Å². The van der Waals surface area contributed by atoms with Crippen LogP contribution in [0.4, 0.5) is 0 Å². The van der Waals surface area contributed by atoms with Gasteiger partial charge in [-0.15, -0.1) is 17.9 Å². The third-order valence-electron chi connectivity index (χ3n) is 2.39. The Hall–Kier alpha value is -0.800. The van der Waals surface area contributed by atoms with Crippen molar-refractivity contribution < 1.29 is 4.74 Å². The van der Waals surface area contributed by atoms with E-state index in [1.54, 1.807) is 18.4 Å². The van der Waals surface area contributed by atoms with E-state index < -0.39 is 0 Å². The number of thiophene rings is 1. The molecule has 1 atom stereocenters. The third-order valence-corrected chi connectivity index (χ3v) is 3.40. The summed E-state index contributed by atoms with van der Waals surface area (Å²) in [7, 11) is 1.73. The zero-order chi connectivity index (χ0) is 12.0. The SMILES string of the molecule is C=C(C)CC(NCCC)c1sccc1OC. The Labute approximate surface area is 102 Å². The first kappa shape index (κ1) is 13.3. The summed E-state index contributed by atoms with van der Waals surface area (Å²) in [5.41, 5.74) is 1.20. The molecule has 0 spiro atoms. The predicted molar refractivity (Wildman–Crippen MR) is 71.3 cm³/mol. The molecule has 0 aliphatic heterocycles. The Morgan fingerprint density at radius 2 is 2.38 bits per heavy atom. The van der Waals surface area contributed by atoms with E-state index in [-0.39, 0.29) is 0 Å². The largest absolute Gasteiger partial charge is 0.496 e. The first-order valence-corrected chi connectivity index (χ1v) is 6.56. The molecule has 2 nitrogen and oxygen atoms in total. The minimum atomic E-state index is 0.340. The summed E-state index contributed by atoms with van der Waals surface area (Å²) < 4.78 is 5.37. The smallest absolute Gasteiger partial charge is 0.134 e. The van der Waals surface area contributed by atoms with Gasteiger partial charge in [0, 0.05) is 6.04 Å². The monoisotopic (exact) mass is 239 g/mol. The van der Waals surface area contributed by atoms with Crippen molar-refractivity contribution >= 4 is 11.3 Å². The van der Waals surface area contributed by atoms with E-state index >= 15 is 0 Å². The van der Waals surface area contributed by atoms with Crippen molar-refractivity contribution in [2.45, 2.75) is 32.7 Å². The van der Waals surface area contributed by atoms with E-state index in [0.29, 0.717) is 6.04 Å². The van der Waals surface area contributed by atoms with Gasteiger partial charge < -0.3 is 10.1 Å². The van der Waals surface area contributed by atoms with Gasteiger partial charge in [-0.2, -0.15) is 0 Å². The van der Waals surface area contributed by atoms with Gasteiger partial charge in [-0.1, -0.05) is 12.5 Å². The second-order valence-corrected chi connectivity index (χ2v) is 4.97. The van der Waals surface area contributed by atoms with Crippen LogP contribution in [0.5, 0.6) is 5.75 Å². The highest BCUT2D eigenvalue weighted by Crippen LogP contribution is 2.33. The van der Waals surface area contributed by atoms with Gasteiger partial charge in [-0.25, -0.2) is 0 Å². The fourth-order valence-corrected chi connectivity index (χ4v) is 2.59. The first-order valence-electron chi connectivity index (χ1n) is 5.68. The summed E-state index contributed by atoms with van der Waals surface area (Å²) in [5.74, 6) is 0.986. The van der Waals surface area contributed by atoms with Crippen LogP contribution in [0.2, 0.25) is 0 Å². The molecule has 3 heteroatoms. The lowest BCUT2D eigenvalue weighted by atomic mass is 10.1. The van der Waals surface area contributed by atoms with Crippen LogP contribution in [-0.2, 0) is 0 Å². The standard InChI is InChI=1S/C13H21NOS/c1-5-7-14-11(9-10(2)3)13-12(15-4)6-8-16-13/h6,8,11,14H,2,5,7,9H2,1,3-4H3. The quantitative estimate of drug-likeness (QED) is 0.731. The van der Waals surface area contributed by atoms with Crippen LogP contribution < -0.4 is 10.1 Å². The number of rotatable bonds is 7. The second kappa shape index (κ2) is 6.71. The fraction of sp³-hybridized carbons (Fsp3) is 0.538. The zero-order valence-electron chi connectivity index (χ0n) is 10.4. The maximum Gasteiger partial charge on any atom is 0.134 e. The Bertz CT molecular complexity index is 332. The molecule has 1 aromatic rings. The predicted octanol–water partition coefficient (Wildman–Crippen LogP) is 3.76. The normalized spacial score (nSPS) is 12.4. The molecule has 1 N–H and O–H groups in total. The summed E-state index contributed by atoms with van der Waals surface area (Å²) in [5, 5.41) is 5.62. The van der Waals surface area contributed by atoms with Crippen LogP contribution in [0.15, 0.2) is 23.6 Å². The Morgan fingerprint density at radius 3 is 2.94 bits per heavy atom. The molecule has 16 heavy (non-hydrogen) atoms. The highest BCUT2D eigenvalue weighted by Gasteiger charge is 2.16. The molecule has 90 valence electrons. The molecule has 0 aliphatic carbocycles. The average molecular weight is 239 g/mol. The van der Waals surface area contributed by atoms with Crippen LogP contribution in [-0.4, -0.2) is 13.7 Å². The molecule has 0 bridgehead atoms. The molecule has 0 aliphatic rings. The van der Waals surface area contributed by atoms with E-state index in [1.165, 1.54) is 10.5 Å². The van der Waals surface area contributed by atoms with Crippen molar-refractivity contribution in [2.75, 3.05) is 13.7 Å². The van der Waals surface area contributed by atoms with Crippen LogP contribution in [0.25, 0.3) is 0 Å². The van der Waals surface area contributed by atoms with Crippen LogP contribution >= 0.6 is 11.3 Å². The lowest BCUT2D eigenvalue weighted by molar-refractivity contribution is 0.402. The van der Waals surface area contributed by atoms with Crippen LogP contribution in [0, 0.1) is 0 Å². The molecule has 0 aromatic carbocycles. The molecular formula is C13H21NOS. The highest BCUT2D eigenvalue weighted by atomic mass is 32.1. The number of hydrogen-bond donors (Lipinski definition) is 1. The van der Waals surface area contributed by atoms with Gasteiger partial charge in [-0.3, -0.25) is 0 Å². The Balaban J connectivity index is 2.78. The van der Waals surface area contributed by atoms with Gasteiger partial charge in [0.25, 0.3) is 0 Å². The van der Waals surface area contributed by atoms with Gasteiger partial charge in [0.05, 0.1) is 12.0 Å². The van der Waals surface area contributed by atoms with Gasteiger partial charge in [-0.05, 0) is 37.8 Å². The molecule has 1 aromatic heterocycles. The van der Waals surface area contributed by atoms with Crippen molar-refractivity contribution in [3.8, 4) is 5.75 Å². The van der Waals surface area contributed by atoms with Gasteiger partial charge >= 0.3 is 0 Å². The molecule has 0 saturated carbocycles. The van der Waals surface area contributed by atoms with Crippen LogP contribution in [0.3, 0.4) is 0 Å². The van der Waals surface area contributed by atoms with E-state index in [4.69, 9.17) is 4.74 Å². The number of methoxy groups -OCH3 is 1. The van der Waals surface area contributed by atoms with E-state index in [2.05, 4.69) is 31.1 Å². The molecule has 1 unspecified atom stereocenters. The topological polar surface area (TPSA) is 21.3 Å². The van der Waals surface area contributed by atoms with Gasteiger partial charge in [0.2, 0.25) is 0 Å². The molecule has 0 amide bonds. The zero-order valence-corrected chi connectivity index (χ0v) is 11.2. The van der Waals surface area contributed by atoms with Crippen molar-refractivity contribution in [1.29, 1.82) is 0 Å². The lowest BCUT2D eigenvalue weighted by Crippen LogP contribution is -2.21. The average Bonchev–Trinajstić information content (AvgIpc) is 2.71. The fourth-order valence-electron chi connectivity index (χ4n) is 1.66. The van der Waals surface area contributed by atoms with E-state index in [0.717, 1.165) is 25.1 Å². The van der Waals surface area contributed by atoms with Crippen molar-refractivity contribution in [3.05, 3.63) is 28.5 Å². The third kappa shape index (κ3) is 3.65.